The first kappa shape index (κ1) is 14.3. The summed E-state index contributed by atoms with van der Waals surface area (Å²) < 4.78 is 5.50. The number of allylic oxidation sites excluding steroid dienone is 1. The Morgan fingerprint density at radius 2 is 1.60 bits per heavy atom. The summed E-state index contributed by atoms with van der Waals surface area (Å²) in [6, 6.07) is 11.6. The van der Waals surface area contributed by atoms with Crippen LogP contribution < -0.4 is 0 Å². The van der Waals surface area contributed by atoms with Crippen LogP contribution in [0, 0.1) is 0 Å². The van der Waals surface area contributed by atoms with Crippen LogP contribution in [0.15, 0.2) is 43.0 Å². The molecular formula is C18H20O2. The molecule has 2 nitrogen and oxygen atoms in total. The van der Waals surface area contributed by atoms with E-state index in [0.29, 0.717) is 5.56 Å². The second-order valence-electron chi connectivity index (χ2n) is 5.99. The van der Waals surface area contributed by atoms with Gasteiger partial charge in [-0.15, -0.1) is 0 Å². The summed E-state index contributed by atoms with van der Waals surface area (Å²) in [5.41, 5.74) is 2.02. The molecule has 0 aliphatic heterocycles. The third kappa shape index (κ3) is 2.90. The smallest absolute Gasteiger partial charge is 0.339 e. The molecule has 0 spiro atoms. The van der Waals surface area contributed by atoms with E-state index >= 15 is 0 Å². The molecule has 0 aliphatic carbocycles. The van der Waals surface area contributed by atoms with Gasteiger partial charge in [-0.1, -0.05) is 42.5 Å². The van der Waals surface area contributed by atoms with Gasteiger partial charge in [-0.25, -0.2) is 4.79 Å². The highest BCUT2D eigenvalue weighted by molar-refractivity contribution is 6.08. The summed E-state index contributed by atoms with van der Waals surface area (Å²) in [6.45, 7) is 11.6. The van der Waals surface area contributed by atoms with E-state index in [-0.39, 0.29) is 5.97 Å². The largest absolute Gasteiger partial charge is 0.456 e. The molecule has 0 amide bonds. The molecule has 0 aromatic heterocycles. The fraction of sp³-hybridized carbons (Fsp3) is 0.278. The monoisotopic (exact) mass is 268 g/mol. The van der Waals surface area contributed by atoms with Crippen LogP contribution in [-0.2, 0) is 4.74 Å². The van der Waals surface area contributed by atoms with E-state index in [1.807, 2.05) is 64.1 Å². The lowest BCUT2D eigenvalue weighted by atomic mass is 9.96. The Kier molecular flexibility index (Phi) is 3.67. The van der Waals surface area contributed by atoms with Crippen molar-refractivity contribution >= 4 is 22.3 Å². The van der Waals surface area contributed by atoms with Crippen LogP contribution in [0.1, 0.15) is 43.6 Å². The van der Waals surface area contributed by atoms with Crippen molar-refractivity contribution < 1.29 is 9.53 Å². The molecule has 20 heavy (non-hydrogen) atoms. The van der Waals surface area contributed by atoms with Crippen molar-refractivity contribution in [2.45, 2.75) is 33.3 Å². The number of rotatable bonds is 2. The van der Waals surface area contributed by atoms with E-state index in [9.17, 15) is 4.79 Å². The van der Waals surface area contributed by atoms with E-state index in [1.54, 1.807) is 0 Å². The van der Waals surface area contributed by atoms with Gasteiger partial charge in [0, 0.05) is 5.39 Å². The molecule has 0 heterocycles. The number of carbonyl (C=O) groups is 1. The first-order chi connectivity index (χ1) is 9.29. The van der Waals surface area contributed by atoms with E-state index in [1.165, 1.54) is 0 Å². The van der Waals surface area contributed by atoms with Gasteiger partial charge in [0.15, 0.2) is 0 Å². The minimum Gasteiger partial charge on any atom is -0.456 e. The second-order valence-corrected chi connectivity index (χ2v) is 5.99. The number of esters is 1. The van der Waals surface area contributed by atoms with Crippen molar-refractivity contribution in [2.24, 2.45) is 0 Å². The fourth-order valence-electron chi connectivity index (χ4n) is 2.20. The van der Waals surface area contributed by atoms with E-state index in [0.717, 1.165) is 21.9 Å². The SMILES string of the molecule is C=C(C)c1cccc2cccc(C(=O)OC(C)(C)C)c12. The predicted molar refractivity (Wildman–Crippen MR) is 83.8 cm³/mol. The van der Waals surface area contributed by atoms with Crippen LogP contribution in [0.25, 0.3) is 16.3 Å². The number of fused-ring (bicyclic) bond motifs is 1. The molecule has 2 aromatic rings. The number of carbonyl (C=O) groups excluding carboxylic acids is 1. The first-order valence-corrected chi connectivity index (χ1v) is 6.70. The Morgan fingerprint density at radius 1 is 1.05 bits per heavy atom. The van der Waals surface area contributed by atoms with Gasteiger partial charge in [-0.05, 0) is 44.7 Å². The van der Waals surface area contributed by atoms with E-state index < -0.39 is 5.60 Å². The number of hydrogen-bond donors (Lipinski definition) is 0. The maximum atomic E-state index is 12.4. The topological polar surface area (TPSA) is 26.3 Å². The van der Waals surface area contributed by atoms with Crippen molar-refractivity contribution in [3.63, 3.8) is 0 Å². The zero-order valence-corrected chi connectivity index (χ0v) is 12.5. The Bertz CT molecular complexity index is 670. The zero-order chi connectivity index (χ0) is 14.9. The summed E-state index contributed by atoms with van der Waals surface area (Å²) in [7, 11) is 0. The minimum absolute atomic E-state index is 0.295. The summed E-state index contributed by atoms with van der Waals surface area (Å²) in [4.78, 5) is 12.4. The van der Waals surface area contributed by atoms with Crippen molar-refractivity contribution in [1.82, 2.24) is 0 Å². The van der Waals surface area contributed by atoms with Crippen LogP contribution in [0.2, 0.25) is 0 Å². The molecule has 104 valence electrons. The van der Waals surface area contributed by atoms with Crippen LogP contribution in [0.4, 0.5) is 0 Å². The third-order valence-electron chi connectivity index (χ3n) is 2.98. The molecule has 0 radical (unpaired) electrons. The van der Waals surface area contributed by atoms with Crippen molar-refractivity contribution in [2.75, 3.05) is 0 Å². The normalized spacial score (nSPS) is 11.4. The van der Waals surface area contributed by atoms with Gasteiger partial charge < -0.3 is 4.74 Å². The molecular weight excluding hydrogens is 248 g/mol. The van der Waals surface area contributed by atoms with E-state index in [2.05, 4.69) is 6.58 Å². The average molecular weight is 268 g/mol. The summed E-state index contributed by atoms with van der Waals surface area (Å²) in [5, 5.41) is 1.94. The van der Waals surface area contributed by atoms with Gasteiger partial charge in [0.2, 0.25) is 0 Å². The Hall–Kier alpha value is -2.09. The fourth-order valence-corrected chi connectivity index (χ4v) is 2.20. The number of hydrogen-bond acceptors (Lipinski definition) is 2. The van der Waals surface area contributed by atoms with Crippen LogP contribution in [0.3, 0.4) is 0 Å². The third-order valence-corrected chi connectivity index (χ3v) is 2.98. The van der Waals surface area contributed by atoms with Gasteiger partial charge in [0.25, 0.3) is 0 Å². The molecule has 0 atom stereocenters. The highest BCUT2D eigenvalue weighted by atomic mass is 16.6. The molecule has 0 aliphatic rings. The van der Waals surface area contributed by atoms with Gasteiger partial charge in [-0.3, -0.25) is 0 Å². The van der Waals surface area contributed by atoms with Gasteiger partial charge in [-0.2, -0.15) is 0 Å². The lowest BCUT2D eigenvalue weighted by molar-refractivity contribution is 0.00718. The molecule has 0 bridgehead atoms. The van der Waals surface area contributed by atoms with Crippen LogP contribution >= 0.6 is 0 Å². The number of ether oxygens (including phenoxy) is 1. The minimum atomic E-state index is -0.503. The zero-order valence-electron chi connectivity index (χ0n) is 12.5. The number of benzene rings is 2. The molecule has 0 fully saturated rings. The lowest BCUT2D eigenvalue weighted by Gasteiger charge is -2.20. The average Bonchev–Trinajstić information content (AvgIpc) is 2.35. The van der Waals surface area contributed by atoms with Crippen molar-refractivity contribution in [3.05, 3.63) is 54.1 Å². The van der Waals surface area contributed by atoms with Gasteiger partial charge in [0.1, 0.15) is 5.60 Å². The van der Waals surface area contributed by atoms with Gasteiger partial charge >= 0.3 is 5.97 Å². The Labute approximate surface area is 120 Å². The van der Waals surface area contributed by atoms with Crippen LogP contribution in [0.5, 0.6) is 0 Å². The quantitative estimate of drug-likeness (QED) is 0.729. The summed E-state index contributed by atoms with van der Waals surface area (Å²) >= 11 is 0. The second kappa shape index (κ2) is 5.12. The van der Waals surface area contributed by atoms with Crippen molar-refractivity contribution in [3.8, 4) is 0 Å². The summed E-state index contributed by atoms with van der Waals surface area (Å²) in [5.74, 6) is -0.295. The predicted octanol–water partition coefficient (Wildman–Crippen LogP) is 4.83. The molecule has 0 saturated carbocycles. The highest BCUT2D eigenvalue weighted by Gasteiger charge is 2.20. The standard InChI is InChI=1S/C18H20O2/c1-12(2)14-10-6-8-13-9-7-11-15(16(13)14)17(19)20-18(3,4)5/h6-11H,1H2,2-5H3. The first-order valence-electron chi connectivity index (χ1n) is 6.70. The molecule has 0 N–H and O–H groups in total. The maximum Gasteiger partial charge on any atom is 0.339 e. The molecule has 2 rings (SSSR count). The van der Waals surface area contributed by atoms with Crippen molar-refractivity contribution in [1.29, 1.82) is 0 Å². The summed E-state index contributed by atoms with van der Waals surface area (Å²) in [6.07, 6.45) is 0. The Balaban J connectivity index is 2.65. The molecule has 2 aromatic carbocycles. The van der Waals surface area contributed by atoms with Crippen LogP contribution in [-0.4, -0.2) is 11.6 Å². The molecule has 0 unspecified atom stereocenters. The van der Waals surface area contributed by atoms with E-state index in [4.69, 9.17) is 4.74 Å². The highest BCUT2D eigenvalue weighted by Crippen LogP contribution is 2.28. The molecule has 2 heteroatoms. The lowest BCUT2D eigenvalue weighted by Crippen LogP contribution is -2.24. The molecule has 0 saturated heterocycles. The maximum absolute atomic E-state index is 12.4. The van der Waals surface area contributed by atoms with Gasteiger partial charge in [0.05, 0.1) is 5.56 Å². The Morgan fingerprint density at radius 3 is 2.10 bits per heavy atom.